The van der Waals surface area contributed by atoms with Crippen LogP contribution in [0.3, 0.4) is 0 Å². The van der Waals surface area contributed by atoms with Gasteiger partial charge in [-0.25, -0.2) is 9.97 Å². The van der Waals surface area contributed by atoms with E-state index in [1.807, 2.05) is 0 Å². The molecule has 2 heterocycles. The molecule has 0 spiro atoms. The first-order valence-corrected chi connectivity index (χ1v) is 15.9. The monoisotopic (exact) mass is 589 g/mol. The number of hydrogen-bond acceptors (Lipinski definition) is 2. The number of nitrogens with zero attached hydrogens (tertiary/aromatic N) is 3. The van der Waals surface area contributed by atoms with Crippen molar-refractivity contribution in [3.05, 3.63) is 163 Å². The average Bonchev–Trinajstić information content (AvgIpc) is 3.59. The first-order valence-electron chi connectivity index (χ1n) is 15.9. The molecule has 0 radical (unpaired) electrons. The molecule has 0 atom stereocenters. The van der Waals surface area contributed by atoms with E-state index in [9.17, 15) is 0 Å². The largest absolute Gasteiger partial charge is 0.278 e. The molecule has 6 aromatic carbocycles. The first-order chi connectivity index (χ1) is 22.6. The highest BCUT2D eigenvalue weighted by Gasteiger charge is 2.40. The fourth-order valence-corrected chi connectivity index (χ4v) is 7.40. The van der Waals surface area contributed by atoms with Gasteiger partial charge in [-0.2, -0.15) is 0 Å². The van der Waals surface area contributed by atoms with Gasteiger partial charge in [0.15, 0.2) is 0 Å². The SMILES string of the molecule is CC1(C)c2ccccc2-c2c1c1ccccc1n2-c1nc(-c2ccccc2)c2cc(-c3ccc(-c4ccccc4)cc3)ccc2n1. The van der Waals surface area contributed by atoms with Crippen LogP contribution in [-0.4, -0.2) is 14.5 Å². The van der Waals surface area contributed by atoms with Crippen LogP contribution in [0.15, 0.2) is 152 Å². The summed E-state index contributed by atoms with van der Waals surface area (Å²) in [6.45, 7) is 4.66. The predicted molar refractivity (Wildman–Crippen MR) is 190 cm³/mol. The van der Waals surface area contributed by atoms with Crippen molar-refractivity contribution < 1.29 is 0 Å². The van der Waals surface area contributed by atoms with E-state index < -0.39 is 0 Å². The zero-order valence-electron chi connectivity index (χ0n) is 25.8. The van der Waals surface area contributed by atoms with Crippen molar-refractivity contribution in [2.24, 2.45) is 0 Å². The summed E-state index contributed by atoms with van der Waals surface area (Å²) in [5.74, 6) is 0.691. The van der Waals surface area contributed by atoms with Gasteiger partial charge in [-0.1, -0.05) is 147 Å². The third-order valence-corrected chi connectivity index (χ3v) is 9.61. The van der Waals surface area contributed by atoms with Gasteiger partial charge in [-0.05, 0) is 51.6 Å². The zero-order valence-corrected chi connectivity index (χ0v) is 25.8. The van der Waals surface area contributed by atoms with Crippen molar-refractivity contribution in [3.63, 3.8) is 0 Å². The van der Waals surface area contributed by atoms with Gasteiger partial charge < -0.3 is 0 Å². The van der Waals surface area contributed by atoms with Crippen molar-refractivity contribution in [2.45, 2.75) is 19.3 Å². The van der Waals surface area contributed by atoms with Crippen molar-refractivity contribution in [2.75, 3.05) is 0 Å². The second-order valence-electron chi connectivity index (χ2n) is 12.7. The molecule has 0 amide bonds. The van der Waals surface area contributed by atoms with Crippen molar-refractivity contribution in [1.29, 1.82) is 0 Å². The lowest BCUT2D eigenvalue weighted by molar-refractivity contribution is 0.666. The molecule has 3 nitrogen and oxygen atoms in total. The quantitative estimate of drug-likeness (QED) is 0.204. The van der Waals surface area contributed by atoms with Gasteiger partial charge in [-0.15, -0.1) is 0 Å². The van der Waals surface area contributed by atoms with Crippen molar-refractivity contribution >= 4 is 21.8 Å². The van der Waals surface area contributed by atoms with Crippen LogP contribution >= 0.6 is 0 Å². The van der Waals surface area contributed by atoms with E-state index in [0.717, 1.165) is 38.8 Å². The molecule has 1 aliphatic rings. The molecule has 2 aromatic heterocycles. The third kappa shape index (κ3) is 3.98. The van der Waals surface area contributed by atoms with Gasteiger partial charge in [0.25, 0.3) is 0 Å². The lowest BCUT2D eigenvalue weighted by Gasteiger charge is -2.21. The molecule has 46 heavy (non-hydrogen) atoms. The summed E-state index contributed by atoms with van der Waals surface area (Å²) in [6.07, 6.45) is 0. The van der Waals surface area contributed by atoms with E-state index in [1.165, 1.54) is 38.9 Å². The van der Waals surface area contributed by atoms with Crippen LogP contribution in [0.1, 0.15) is 25.0 Å². The Morgan fingerprint density at radius 2 is 1.09 bits per heavy atom. The Hall–Kier alpha value is -5.80. The average molecular weight is 590 g/mol. The second-order valence-corrected chi connectivity index (χ2v) is 12.7. The van der Waals surface area contributed by atoms with Gasteiger partial charge in [0.1, 0.15) is 0 Å². The first kappa shape index (κ1) is 26.6. The molecule has 8 aromatic rings. The van der Waals surface area contributed by atoms with Crippen LogP contribution in [-0.2, 0) is 5.41 Å². The number of rotatable bonds is 4. The van der Waals surface area contributed by atoms with Gasteiger partial charge in [0.05, 0.1) is 22.4 Å². The molecule has 0 saturated heterocycles. The van der Waals surface area contributed by atoms with E-state index in [-0.39, 0.29) is 5.41 Å². The van der Waals surface area contributed by atoms with Crippen molar-refractivity contribution in [3.8, 4) is 50.7 Å². The highest BCUT2D eigenvalue weighted by molar-refractivity contribution is 6.00. The molecule has 0 N–H and O–H groups in total. The number of fused-ring (bicyclic) bond motifs is 6. The molecule has 0 aliphatic heterocycles. The minimum atomic E-state index is -0.138. The summed E-state index contributed by atoms with van der Waals surface area (Å²) >= 11 is 0. The molecule has 0 bridgehead atoms. The van der Waals surface area contributed by atoms with E-state index in [2.05, 4.69) is 170 Å². The predicted octanol–water partition coefficient (Wildman–Crippen LogP) is 10.9. The van der Waals surface area contributed by atoms with Crippen LogP contribution in [0.25, 0.3) is 72.5 Å². The summed E-state index contributed by atoms with van der Waals surface area (Å²) in [5.41, 5.74) is 13.8. The number of hydrogen-bond donors (Lipinski definition) is 0. The normalized spacial score (nSPS) is 13.2. The van der Waals surface area contributed by atoms with Gasteiger partial charge in [-0.3, -0.25) is 4.57 Å². The van der Waals surface area contributed by atoms with Gasteiger partial charge >= 0.3 is 0 Å². The Morgan fingerprint density at radius 3 is 1.85 bits per heavy atom. The summed E-state index contributed by atoms with van der Waals surface area (Å²) in [7, 11) is 0. The minimum Gasteiger partial charge on any atom is -0.278 e. The topological polar surface area (TPSA) is 30.7 Å². The van der Waals surface area contributed by atoms with Crippen molar-refractivity contribution in [1.82, 2.24) is 14.5 Å². The molecule has 0 fully saturated rings. The summed E-state index contributed by atoms with van der Waals surface area (Å²) in [6, 6.07) is 53.9. The Balaban J connectivity index is 1.27. The fraction of sp³-hybridized carbons (Fsp3) is 0.0698. The fourth-order valence-electron chi connectivity index (χ4n) is 7.40. The summed E-state index contributed by atoms with van der Waals surface area (Å²) in [4.78, 5) is 10.7. The molecule has 9 rings (SSSR count). The van der Waals surface area contributed by atoms with Crippen LogP contribution in [0.4, 0.5) is 0 Å². The maximum absolute atomic E-state index is 5.40. The van der Waals surface area contributed by atoms with Crippen LogP contribution < -0.4 is 0 Å². The minimum absolute atomic E-state index is 0.138. The molecule has 0 saturated carbocycles. The smallest absolute Gasteiger partial charge is 0.235 e. The standard InChI is InChI=1S/C43H31N3/c1-43(2)36-19-11-9-17-33(36)41-39(43)34-18-10-12-20-38(34)46(41)42-44-37-26-25-32(27-35(37)40(45-42)31-15-7-4-8-16-31)30-23-21-29(22-24-30)28-13-5-3-6-14-28/h3-27H,1-2H3. The summed E-state index contributed by atoms with van der Waals surface area (Å²) in [5, 5.41) is 2.28. The molecule has 218 valence electrons. The zero-order chi connectivity index (χ0) is 30.8. The molecular formula is C43H31N3. The molecular weight excluding hydrogens is 558 g/mol. The lowest BCUT2D eigenvalue weighted by atomic mass is 9.81. The Labute approximate surface area is 268 Å². The highest BCUT2D eigenvalue weighted by atomic mass is 15.2. The maximum Gasteiger partial charge on any atom is 0.235 e. The number of aromatic nitrogens is 3. The van der Waals surface area contributed by atoms with Gasteiger partial charge in [0, 0.05) is 27.3 Å². The van der Waals surface area contributed by atoms with Crippen LogP contribution in [0, 0.1) is 0 Å². The lowest BCUT2D eigenvalue weighted by Crippen LogP contribution is -2.14. The van der Waals surface area contributed by atoms with E-state index >= 15 is 0 Å². The molecule has 3 heteroatoms. The molecule has 1 aliphatic carbocycles. The Bertz CT molecular complexity index is 2420. The Morgan fingerprint density at radius 1 is 0.500 bits per heavy atom. The summed E-state index contributed by atoms with van der Waals surface area (Å²) < 4.78 is 2.29. The number of para-hydroxylation sites is 1. The number of benzene rings is 6. The van der Waals surface area contributed by atoms with E-state index in [1.54, 1.807) is 0 Å². The molecule has 0 unspecified atom stereocenters. The Kier molecular flexibility index (Phi) is 5.85. The van der Waals surface area contributed by atoms with Crippen LogP contribution in [0.2, 0.25) is 0 Å². The highest BCUT2D eigenvalue weighted by Crippen LogP contribution is 2.53. The maximum atomic E-state index is 5.40. The van der Waals surface area contributed by atoms with Crippen LogP contribution in [0.5, 0.6) is 0 Å². The van der Waals surface area contributed by atoms with E-state index in [4.69, 9.17) is 9.97 Å². The second kappa shape index (κ2) is 10.1. The van der Waals surface area contributed by atoms with Gasteiger partial charge in [0.2, 0.25) is 5.95 Å². The van der Waals surface area contributed by atoms with E-state index in [0.29, 0.717) is 5.95 Å². The third-order valence-electron chi connectivity index (χ3n) is 9.61.